The van der Waals surface area contributed by atoms with Crippen LogP contribution in [0.2, 0.25) is 0 Å². The molecule has 0 aliphatic carbocycles. The Balaban J connectivity index is 2.42. The molecule has 0 fully saturated rings. The first-order valence-corrected chi connectivity index (χ1v) is 6.39. The molecule has 3 heteroatoms. The minimum absolute atomic E-state index is 0.714. The Labute approximate surface area is 96.4 Å². The van der Waals surface area contributed by atoms with Crippen molar-refractivity contribution in [1.29, 1.82) is 0 Å². The van der Waals surface area contributed by atoms with Gasteiger partial charge >= 0.3 is 0 Å². The van der Waals surface area contributed by atoms with Crippen LogP contribution in [-0.2, 0) is 0 Å². The molecule has 1 aromatic rings. The minimum atomic E-state index is 0.714. The van der Waals surface area contributed by atoms with Crippen molar-refractivity contribution in [3.05, 3.63) is 22.2 Å². The Hall–Kier alpha value is -0.670. The van der Waals surface area contributed by atoms with E-state index in [0.717, 1.165) is 19.5 Å². The van der Waals surface area contributed by atoms with Gasteiger partial charge in [0.25, 0.3) is 0 Å². The summed E-state index contributed by atoms with van der Waals surface area (Å²) in [6.45, 7) is 8.73. The van der Waals surface area contributed by atoms with Gasteiger partial charge in [0.05, 0.1) is 5.51 Å². The fraction of sp³-hybridized carbons (Fsp3) is 0.583. The molecule has 0 unspecified atom stereocenters. The van der Waals surface area contributed by atoms with Crippen molar-refractivity contribution in [1.82, 2.24) is 10.3 Å². The molecule has 2 nitrogen and oxygen atoms in total. The lowest BCUT2D eigenvalue weighted by Crippen LogP contribution is -2.21. The van der Waals surface area contributed by atoms with E-state index in [4.69, 9.17) is 0 Å². The molecule has 0 aromatic carbocycles. The molecular formula is C12H20N2S. The Kier molecular flexibility index (Phi) is 5.58. The van der Waals surface area contributed by atoms with Gasteiger partial charge in [0.2, 0.25) is 0 Å². The minimum Gasteiger partial charge on any atom is -0.313 e. The van der Waals surface area contributed by atoms with E-state index in [0.29, 0.717) is 5.92 Å². The van der Waals surface area contributed by atoms with Gasteiger partial charge in [-0.25, -0.2) is 0 Å². The van der Waals surface area contributed by atoms with E-state index in [1.165, 1.54) is 10.5 Å². The first-order chi connectivity index (χ1) is 7.22. The molecule has 84 valence electrons. The maximum atomic E-state index is 4.07. The van der Waals surface area contributed by atoms with Gasteiger partial charge in [-0.3, -0.25) is 4.98 Å². The second-order valence-electron chi connectivity index (χ2n) is 4.08. The molecule has 0 bridgehead atoms. The predicted molar refractivity (Wildman–Crippen MR) is 68.1 cm³/mol. The molecule has 0 saturated heterocycles. The molecule has 0 aliphatic rings. The van der Waals surface area contributed by atoms with Crippen molar-refractivity contribution in [3.63, 3.8) is 0 Å². The lowest BCUT2D eigenvalue weighted by atomic mass is 10.1. The van der Waals surface area contributed by atoms with E-state index >= 15 is 0 Å². The van der Waals surface area contributed by atoms with Gasteiger partial charge in [-0.15, -0.1) is 11.3 Å². The number of nitrogens with zero attached hydrogens (tertiary/aromatic N) is 1. The van der Waals surface area contributed by atoms with Crippen molar-refractivity contribution in [2.45, 2.75) is 27.2 Å². The van der Waals surface area contributed by atoms with Crippen molar-refractivity contribution in [2.24, 2.45) is 5.92 Å². The van der Waals surface area contributed by atoms with Gasteiger partial charge in [0.15, 0.2) is 0 Å². The van der Waals surface area contributed by atoms with Gasteiger partial charge in [-0.05, 0) is 25.0 Å². The molecular weight excluding hydrogens is 204 g/mol. The van der Waals surface area contributed by atoms with Crippen LogP contribution in [0.4, 0.5) is 0 Å². The highest BCUT2D eigenvalue weighted by Crippen LogP contribution is 2.12. The summed E-state index contributed by atoms with van der Waals surface area (Å²) < 4.78 is 0. The monoisotopic (exact) mass is 224 g/mol. The van der Waals surface area contributed by atoms with E-state index in [1.54, 1.807) is 11.3 Å². The summed E-state index contributed by atoms with van der Waals surface area (Å²) in [7, 11) is 0. The largest absolute Gasteiger partial charge is 0.313 e. The highest BCUT2D eigenvalue weighted by Gasteiger charge is 1.98. The number of thiazole rings is 1. The predicted octanol–water partition coefficient (Wildman–Crippen LogP) is 3.18. The summed E-state index contributed by atoms with van der Waals surface area (Å²) in [5.41, 5.74) is 3.32. The molecule has 1 N–H and O–H groups in total. The van der Waals surface area contributed by atoms with E-state index < -0.39 is 0 Å². The molecule has 1 aromatic heterocycles. The van der Waals surface area contributed by atoms with Crippen LogP contribution in [0.3, 0.4) is 0 Å². The normalized spacial score (nSPS) is 12.4. The third-order valence-corrected chi connectivity index (χ3v) is 2.88. The molecule has 0 atom stereocenters. The number of hydrogen-bond acceptors (Lipinski definition) is 3. The summed E-state index contributed by atoms with van der Waals surface area (Å²) in [4.78, 5) is 5.32. The van der Waals surface area contributed by atoms with Crippen LogP contribution in [0.25, 0.3) is 6.08 Å². The average Bonchev–Trinajstić information content (AvgIpc) is 2.68. The highest BCUT2D eigenvalue weighted by molar-refractivity contribution is 7.10. The zero-order valence-corrected chi connectivity index (χ0v) is 10.6. The number of hydrogen-bond donors (Lipinski definition) is 1. The molecule has 0 saturated carbocycles. The van der Waals surface area contributed by atoms with E-state index in [2.05, 4.69) is 37.1 Å². The maximum absolute atomic E-state index is 4.07. The van der Waals surface area contributed by atoms with Gasteiger partial charge < -0.3 is 5.32 Å². The Bertz CT molecular complexity index is 289. The second kappa shape index (κ2) is 6.75. The molecule has 15 heavy (non-hydrogen) atoms. The summed E-state index contributed by atoms with van der Waals surface area (Å²) in [5.74, 6) is 0.714. The van der Waals surface area contributed by atoms with Gasteiger partial charge in [0.1, 0.15) is 0 Å². The third-order valence-electron chi connectivity index (χ3n) is 2.16. The van der Waals surface area contributed by atoms with Gasteiger partial charge in [-0.2, -0.15) is 0 Å². The molecule has 1 rings (SSSR count). The molecule has 0 aliphatic heterocycles. The fourth-order valence-electron chi connectivity index (χ4n) is 1.30. The summed E-state index contributed by atoms with van der Waals surface area (Å²) in [5, 5.41) is 3.46. The van der Waals surface area contributed by atoms with Crippen molar-refractivity contribution in [3.8, 4) is 0 Å². The maximum Gasteiger partial charge on any atom is 0.0797 e. The number of aromatic nitrogens is 1. The quantitative estimate of drug-likeness (QED) is 0.802. The van der Waals surface area contributed by atoms with Crippen LogP contribution in [0.15, 0.2) is 17.3 Å². The number of rotatable bonds is 6. The third kappa shape index (κ3) is 5.09. The fourth-order valence-corrected chi connectivity index (χ4v) is 1.90. The van der Waals surface area contributed by atoms with Crippen LogP contribution in [-0.4, -0.2) is 18.1 Å². The highest BCUT2D eigenvalue weighted by atomic mass is 32.1. The summed E-state index contributed by atoms with van der Waals surface area (Å²) >= 11 is 1.69. The van der Waals surface area contributed by atoms with Gasteiger partial charge in [-0.1, -0.05) is 26.3 Å². The lowest BCUT2D eigenvalue weighted by molar-refractivity contribution is 0.569. The SMILES string of the molecule is CCC(=Cc1cncs1)CNCC(C)C. The zero-order chi connectivity index (χ0) is 11.1. The Morgan fingerprint density at radius 2 is 2.40 bits per heavy atom. The number of nitrogens with one attached hydrogen (secondary N) is 1. The first-order valence-electron chi connectivity index (χ1n) is 5.51. The van der Waals surface area contributed by atoms with E-state index in [1.807, 2.05) is 11.7 Å². The topological polar surface area (TPSA) is 24.9 Å². The standard InChI is InChI=1S/C12H20N2S/c1-4-11(7-13-6-10(2)3)5-12-8-14-9-15-12/h5,8-10,13H,4,6-7H2,1-3H3. The van der Waals surface area contributed by atoms with Crippen LogP contribution in [0, 0.1) is 5.92 Å². The van der Waals surface area contributed by atoms with Crippen molar-refractivity contribution in [2.75, 3.05) is 13.1 Å². The Morgan fingerprint density at radius 1 is 1.60 bits per heavy atom. The van der Waals surface area contributed by atoms with Crippen molar-refractivity contribution >= 4 is 17.4 Å². The lowest BCUT2D eigenvalue weighted by Gasteiger charge is -2.08. The molecule has 0 amide bonds. The second-order valence-corrected chi connectivity index (χ2v) is 5.00. The van der Waals surface area contributed by atoms with E-state index in [9.17, 15) is 0 Å². The van der Waals surface area contributed by atoms with E-state index in [-0.39, 0.29) is 0 Å². The zero-order valence-electron chi connectivity index (χ0n) is 9.79. The van der Waals surface area contributed by atoms with Crippen molar-refractivity contribution < 1.29 is 0 Å². The molecule has 1 heterocycles. The molecule has 0 radical (unpaired) electrons. The Morgan fingerprint density at radius 3 is 2.93 bits per heavy atom. The average molecular weight is 224 g/mol. The smallest absolute Gasteiger partial charge is 0.0797 e. The first kappa shape index (κ1) is 12.4. The summed E-state index contributed by atoms with van der Waals surface area (Å²) in [6.07, 6.45) is 5.26. The molecule has 0 spiro atoms. The summed E-state index contributed by atoms with van der Waals surface area (Å²) in [6, 6.07) is 0. The van der Waals surface area contributed by atoms with Crippen LogP contribution >= 0.6 is 11.3 Å². The van der Waals surface area contributed by atoms with Crippen LogP contribution in [0.5, 0.6) is 0 Å². The van der Waals surface area contributed by atoms with Crippen LogP contribution in [0.1, 0.15) is 32.1 Å². The van der Waals surface area contributed by atoms with Gasteiger partial charge in [0, 0.05) is 17.6 Å². The van der Waals surface area contributed by atoms with Crippen LogP contribution < -0.4 is 5.32 Å².